The Hall–Kier alpha value is -2.44. The number of amides is 2. The van der Waals surface area contributed by atoms with Gasteiger partial charge in [-0.05, 0) is 37.7 Å². The molecule has 0 radical (unpaired) electrons. The second-order valence-electron chi connectivity index (χ2n) is 10.1. The molecule has 0 unspecified atom stereocenters. The van der Waals surface area contributed by atoms with Gasteiger partial charge in [0.2, 0.25) is 11.8 Å². The van der Waals surface area contributed by atoms with Crippen molar-refractivity contribution in [2.24, 2.45) is 5.92 Å². The summed E-state index contributed by atoms with van der Waals surface area (Å²) >= 11 is 5.49. The van der Waals surface area contributed by atoms with Gasteiger partial charge in [-0.1, -0.05) is 56.4 Å². The van der Waals surface area contributed by atoms with Gasteiger partial charge in [-0.2, -0.15) is 0 Å². The van der Waals surface area contributed by atoms with Crippen LogP contribution in [0.2, 0.25) is 0 Å². The summed E-state index contributed by atoms with van der Waals surface area (Å²) < 4.78 is 15.7. The van der Waals surface area contributed by atoms with Gasteiger partial charge in [-0.15, -0.1) is 0 Å². The largest absolute Gasteiger partial charge is 0.383 e. The number of rotatable bonds is 17. The molecule has 0 aliphatic carbocycles. The van der Waals surface area contributed by atoms with Crippen molar-refractivity contribution in [1.82, 2.24) is 16.0 Å². The summed E-state index contributed by atoms with van der Waals surface area (Å²) in [5, 5.41) is 18.8. The van der Waals surface area contributed by atoms with Gasteiger partial charge in [-0.3, -0.25) is 14.4 Å². The first-order chi connectivity index (χ1) is 18.0. The number of hydrogen-bond donors (Lipinski definition) is 4. The van der Waals surface area contributed by atoms with Crippen LogP contribution in [0.1, 0.15) is 39.2 Å². The van der Waals surface area contributed by atoms with Crippen LogP contribution in [0.3, 0.4) is 0 Å². The molecule has 1 aromatic rings. The van der Waals surface area contributed by atoms with Crippen molar-refractivity contribution >= 4 is 34.8 Å². The van der Waals surface area contributed by atoms with Crippen molar-refractivity contribution in [2.45, 2.75) is 69.9 Å². The number of aliphatic hydroxyl groups excluding tert-OH is 1. The average Bonchev–Trinajstić information content (AvgIpc) is 3.64. The first-order valence-corrected chi connectivity index (χ1v) is 13.2. The quantitative estimate of drug-likeness (QED) is 0.165. The molecular weight excluding hydrogens is 510 g/mol. The zero-order chi connectivity index (χ0) is 28.3. The highest BCUT2D eigenvalue weighted by Gasteiger charge is 2.50. The molecule has 11 heteroatoms. The van der Waals surface area contributed by atoms with E-state index in [0.717, 1.165) is 5.56 Å². The number of thiocarbonyl (C=S) groups is 1. The number of hydrogen-bond acceptors (Lipinski definition) is 8. The fourth-order valence-electron chi connectivity index (χ4n) is 3.91. The number of carbonyl (C=O) groups is 3. The minimum atomic E-state index is -1.25. The lowest BCUT2D eigenvalue weighted by atomic mass is 9.93. The van der Waals surface area contributed by atoms with Gasteiger partial charge in [0, 0.05) is 14.2 Å². The predicted octanol–water partition coefficient (Wildman–Crippen LogP) is 0.932. The number of ether oxygens (including phenoxy) is 3. The Kier molecular flexibility index (Phi) is 12.7. The standard InChI is InChI=1S/C27H41N3O7S/c1-17(2)13-19(23(32)27(3)16-37-27)28-24(33)20(14-35-4)30-26(38)21(15-36-5)29-25(34)22(31)12-11-18-9-7-6-8-10-18/h6-10,17,19-22,31H,11-16H2,1-5H3,(H,28,33)(H,29,34)(H,30,38)/t19-,20-,21-,22-,27+/m0/s1. The summed E-state index contributed by atoms with van der Waals surface area (Å²) in [6.07, 6.45) is -0.0251. The fraction of sp³-hybridized carbons (Fsp3) is 0.630. The number of methoxy groups -OCH3 is 2. The van der Waals surface area contributed by atoms with Crippen LogP contribution in [0.4, 0.5) is 0 Å². The van der Waals surface area contributed by atoms with Crippen molar-refractivity contribution in [3.8, 4) is 0 Å². The summed E-state index contributed by atoms with van der Waals surface area (Å²) in [5.74, 6) is -1.08. The molecule has 0 aromatic heterocycles. The second-order valence-corrected chi connectivity index (χ2v) is 10.6. The SMILES string of the molecule is COC[C@H](NC(=S)[C@H](COC)NC(=O)[C@@H](O)CCc1ccccc1)C(=O)N[C@@H](CC(C)C)C(=O)[C@@]1(C)CO1. The van der Waals surface area contributed by atoms with Crippen LogP contribution in [0.25, 0.3) is 0 Å². The first kappa shape index (κ1) is 31.8. The highest BCUT2D eigenvalue weighted by atomic mass is 32.1. The number of carbonyl (C=O) groups excluding carboxylic acids is 3. The van der Waals surface area contributed by atoms with E-state index in [0.29, 0.717) is 19.4 Å². The molecule has 212 valence electrons. The molecule has 2 rings (SSSR count). The van der Waals surface area contributed by atoms with Crippen molar-refractivity contribution in [3.05, 3.63) is 35.9 Å². The Balaban J connectivity index is 2.01. The predicted molar refractivity (Wildman–Crippen MR) is 147 cm³/mol. The molecule has 1 fully saturated rings. The maximum Gasteiger partial charge on any atom is 0.249 e. The van der Waals surface area contributed by atoms with Crippen molar-refractivity contribution in [3.63, 3.8) is 0 Å². The lowest BCUT2D eigenvalue weighted by molar-refractivity contribution is -0.132. The first-order valence-electron chi connectivity index (χ1n) is 12.8. The molecule has 10 nitrogen and oxygen atoms in total. The average molecular weight is 552 g/mol. The van der Waals surface area contributed by atoms with Gasteiger partial charge in [0.25, 0.3) is 0 Å². The van der Waals surface area contributed by atoms with Crippen LogP contribution in [-0.2, 0) is 35.0 Å². The number of aryl methyl sites for hydroxylation is 1. The smallest absolute Gasteiger partial charge is 0.249 e. The normalized spacial score (nSPS) is 19.7. The van der Waals surface area contributed by atoms with Crippen molar-refractivity contribution in [2.75, 3.05) is 34.0 Å². The van der Waals surface area contributed by atoms with E-state index < -0.39 is 41.6 Å². The van der Waals surface area contributed by atoms with E-state index in [1.807, 2.05) is 44.2 Å². The van der Waals surface area contributed by atoms with Crippen molar-refractivity contribution in [1.29, 1.82) is 0 Å². The zero-order valence-electron chi connectivity index (χ0n) is 22.8. The molecule has 5 atom stereocenters. The molecule has 1 aliphatic rings. The highest BCUT2D eigenvalue weighted by molar-refractivity contribution is 7.80. The Morgan fingerprint density at radius 3 is 2.13 bits per heavy atom. The Morgan fingerprint density at radius 1 is 1.00 bits per heavy atom. The van der Waals surface area contributed by atoms with Crippen molar-refractivity contribution < 1.29 is 33.7 Å². The van der Waals surface area contributed by atoms with Crippen LogP contribution in [-0.4, -0.2) is 91.6 Å². The number of benzene rings is 1. The van der Waals surface area contributed by atoms with Gasteiger partial charge in [0.15, 0.2) is 5.78 Å². The zero-order valence-corrected chi connectivity index (χ0v) is 23.6. The minimum Gasteiger partial charge on any atom is -0.383 e. The van der Waals surface area contributed by atoms with Gasteiger partial charge in [0.1, 0.15) is 28.8 Å². The molecular formula is C27H41N3O7S. The molecule has 38 heavy (non-hydrogen) atoms. The summed E-state index contributed by atoms with van der Waals surface area (Å²) in [5.41, 5.74) is 0.136. The van der Waals surface area contributed by atoms with E-state index in [4.69, 9.17) is 26.4 Å². The number of nitrogens with one attached hydrogen (secondary N) is 3. The Morgan fingerprint density at radius 2 is 1.58 bits per heavy atom. The third kappa shape index (κ3) is 10.0. The molecule has 0 spiro atoms. The van der Waals surface area contributed by atoms with E-state index in [9.17, 15) is 19.5 Å². The monoisotopic (exact) mass is 551 g/mol. The molecule has 0 saturated carbocycles. The van der Waals surface area contributed by atoms with Gasteiger partial charge in [-0.25, -0.2) is 0 Å². The molecule has 2 amide bonds. The van der Waals surface area contributed by atoms with Crippen LogP contribution in [0, 0.1) is 5.92 Å². The number of aliphatic hydroxyl groups is 1. The molecule has 0 bridgehead atoms. The van der Waals surface area contributed by atoms with Crippen LogP contribution >= 0.6 is 12.2 Å². The third-order valence-electron chi connectivity index (χ3n) is 6.22. The number of epoxide rings is 1. The van der Waals surface area contributed by atoms with Crippen LogP contribution < -0.4 is 16.0 Å². The second kappa shape index (κ2) is 15.2. The number of Topliss-reactive ketones (excluding diaryl/α,β-unsaturated/α-hetero) is 1. The highest BCUT2D eigenvalue weighted by Crippen LogP contribution is 2.29. The van der Waals surface area contributed by atoms with E-state index in [-0.39, 0.29) is 36.3 Å². The summed E-state index contributed by atoms with van der Waals surface area (Å²) in [7, 11) is 2.90. The van der Waals surface area contributed by atoms with E-state index in [1.54, 1.807) is 6.92 Å². The Bertz CT molecular complexity index is 940. The lowest BCUT2D eigenvalue weighted by Gasteiger charge is -2.27. The maximum atomic E-state index is 13.2. The van der Waals surface area contributed by atoms with E-state index >= 15 is 0 Å². The van der Waals surface area contributed by atoms with Crippen LogP contribution in [0.5, 0.6) is 0 Å². The van der Waals surface area contributed by atoms with Gasteiger partial charge < -0.3 is 35.3 Å². The number of ketones is 1. The van der Waals surface area contributed by atoms with Crippen LogP contribution in [0.15, 0.2) is 30.3 Å². The third-order valence-corrected chi connectivity index (χ3v) is 6.63. The maximum absolute atomic E-state index is 13.2. The Labute approximate surface area is 230 Å². The van der Waals surface area contributed by atoms with Gasteiger partial charge in [0.05, 0.1) is 25.9 Å². The molecule has 1 heterocycles. The molecule has 4 N–H and O–H groups in total. The lowest BCUT2D eigenvalue weighted by Crippen LogP contribution is -2.58. The van der Waals surface area contributed by atoms with Gasteiger partial charge >= 0.3 is 0 Å². The topological polar surface area (TPSA) is 139 Å². The molecule has 1 aromatic carbocycles. The summed E-state index contributed by atoms with van der Waals surface area (Å²) in [6, 6.07) is 7.10. The van der Waals surface area contributed by atoms with E-state index in [1.165, 1.54) is 14.2 Å². The fourth-order valence-corrected chi connectivity index (χ4v) is 4.18. The molecule has 1 saturated heterocycles. The molecule has 1 aliphatic heterocycles. The summed E-state index contributed by atoms with van der Waals surface area (Å²) in [6.45, 7) is 5.96. The summed E-state index contributed by atoms with van der Waals surface area (Å²) in [4.78, 5) is 38.9. The minimum absolute atomic E-state index is 0.0223. The van der Waals surface area contributed by atoms with E-state index in [2.05, 4.69) is 16.0 Å².